The van der Waals surface area contributed by atoms with Crippen molar-refractivity contribution in [2.75, 3.05) is 13.2 Å². The minimum absolute atomic E-state index is 0.536. The lowest BCUT2D eigenvalue weighted by atomic mass is 10.1. The number of nitrogens with one attached hydrogen (secondary N) is 1. The van der Waals surface area contributed by atoms with Crippen LogP contribution in [0.5, 0.6) is 0 Å². The number of fused-ring (bicyclic) bond motifs is 1. The minimum atomic E-state index is 0.536. The predicted molar refractivity (Wildman–Crippen MR) is 77.2 cm³/mol. The average Bonchev–Trinajstić information content (AvgIpc) is 2.91. The first-order chi connectivity index (χ1) is 9.33. The van der Waals surface area contributed by atoms with Crippen molar-refractivity contribution in [3.8, 4) is 0 Å². The lowest BCUT2D eigenvalue weighted by Crippen LogP contribution is -2.26. The molecule has 3 rings (SSSR count). The first-order valence-corrected chi connectivity index (χ1v) is 6.99. The molecule has 1 aliphatic heterocycles. The Morgan fingerprint density at radius 3 is 3.11 bits per heavy atom. The molecule has 19 heavy (non-hydrogen) atoms. The Morgan fingerprint density at radius 2 is 2.26 bits per heavy atom. The zero-order valence-corrected chi connectivity index (χ0v) is 11.4. The molecule has 1 unspecified atom stereocenters. The van der Waals surface area contributed by atoms with Crippen LogP contribution < -0.4 is 5.32 Å². The molecular formula is C16H20N2O. The molecule has 1 atom stereocenters. The van der Waals surface area contributed by atoms with E-state index in [1.165, 1.54) is 23.8 Å². The van der Waals surface area contributed by atoms with Gasteiger partial charge in [-0.1, -0.05) is 18.2 Å². The molecule has 1 aromatic carbocycles. The van der Waals surface area contributed by atoms with E-state index in [1.54, 1.807) is 0 Å². The van der Waals surface area contributed by atoms with Crippen molar-refractivity contribution in [1.82, 2.24) is 10.3 Å². The number of nitrogens with zero attached hydrogens (tertiary/aromatic N) is 1. The summed E-state index contributed by atoms with van der Waals surface area (Å²) in [4.78, 5) is 4.55. The lowest BCUT2D eigenvalue weighted by molar-refractivity contribution is 0.104. The molecule has 2 aromatic rings. The third-order valence-electron chi connectivity index (χ3n) is 3.67. The van der Waals surface area contributed by atoms with Crippen molar-refractivity contribution in [3.63, 3.8) is 0 Å². The highest BCUT2D eigenvalue weighted by atomic mass is 16.5. The number of hydrogen-bond acceptors (Lipinski definition) is 3. The van der Waals surface area contributed by atoms with Crippen molar-refractivity contribution in [3.05, 3.63) is 41.6 Å². The van der Waals surface area contributed by atoms with Crippen molar-refractivity contribution < 1.29 is 4.74 Å². The van der Waals surface area contributed by atoms with Crippen molar-refractivity contribution >= 4 is 10.9 Å². The number of para-hydroxylation sites is 1. The van der Waals surface area contributed by atoms with E-state index in [4.69, 9.17) is 4.74 Å². The predicted octanol–water partition coefficient (Wildman–Crippen LogP) is 2.81. The maximum atomic E-state index is 5.88. The monoisotopic (exact) mass is 256 g/mol. The number of aromatic nitrogens is 1. The second-order valence-electron chi connectivity index (χ2n) is 5.25. The highest BCUT2D eigenvalue weighted by Gasteiger charge is 2.14. The normalized spacial score (nSPS) is 19.1. The van der Waals surface area contributed by atoms with E-state index < -0.39 is 0 Å². The Kier molecular flexibility index (Phi) is 3.76. The lowest BCUT2D eigenvalue weighted by Gasteiger charge is -2.12. The Bertz CT molecular complexity index is 562. The molecule has 3 heteroatoms. The molecule has 0 amide bonds. The van der Waals surface area contributed by atoms with Crippen LogP contribution in [0.1, 0.15) is 24.1 Å². The summed E-state index contributed by atoms with van der Waals surface area (Å²) in [5, 5.41) is 4.66. The summed E-state index contributed by atoms with van der Waals surface area (Å²) in [6.07, 6.45) is 2.50. The molecule has 0 bridgehead atoms. The summed E-state index contributed by atoms with van der Waals surface area (Å²) in [6, 6.07) is 10.9. The molecule has 1 aromatic heterocycles. The van der Waals surface area contributed by atoms with E-state index >= 15 is 0 Å². The van der Waals surface area contributed by atoms with Gasteiger partial charge in [0.05, 0.1) is 18.7 Å². The van der Waals surface area contributed by atoms with Gasteiger partial charge < -0.3 is 10.1 Å². The molecule has 1 aliphatic rings. The van der Waals surface area contributed by atoms with E-state index in [1.807, 2.05) is 13.0 Å². The molecule has 100 valence electrons. The van der Waals surface area contributed by atoms with Crippen LogP contribution >= 0.6 is 0 Å². The minimum Gasteiger partial charge on any atom is -0.375 e. The van der Waals surface area contributed by atoms with E-state index in [2.05, 4.69) is 34.6 Å². The molecule has 1 N–H and O–H groups in total. The van der Waals surface area contributed by atoms with Crippen LogP contribution in [-0.4, -0.2) is 24.2 Å². The van der Waals surface area contributed by atoms with Crippen LogP contribution in [0.3, 0.4) is 0 Å². The molecule has 0 radical (unpaired) electrons. The molecule has 3 nitrogen and oxygen atoms in total. The summed E-state index contributed by atoms with van der Waals surface area (Å²) in [6.45, 7) is 4.64. The third-order valence-corrected chi connectivity index (χ3v) is 3.67. The van der Waals surface area contributed by atoms with Gasteiger partial charge in [-0.05, 0) is 44.0 Å². The highest BCUT2D eigenvalue weighted by molar-refractivity contribution is 5.82. The zero-order valence-electron chi connectivity index (χ0n) is 11.4. The van der Waals surface area contributed by atoms with Crippen LogP contribution in [0, 0.1) is 6.92 Å². The summed E-state index contributed by atoms with van der Waals surface area (Å²) >= 11 is 0. The topological polar surface area (TPSA) is 34.1 Å². The van der Waals surface area contributed by atoms with Gasteiger partial charge in [0.25, 0.3) is 0 Å². The molecular weight excluding hydrogens is 236 g/mol. The fourth-order valence-corrected chi connectivity index (χ4v) is 2.72. The van der Waals surface area contributed by atoms with Gasteiger partial charge in [0, 0.05) is 17.1 Å². The Balaban J connectivity index is 1.72. The standard InChI is InChI=1S/C16H20N2O/c1-12-9-13(10-19-11-14-5-4-8-17-14)15-6-2-3-7-16(15)18-12/h2-3,6-7,9,14,17H,4-5,8,10-11H2,1H3. The number of benzene rings is 1. The van der Waals surface area contributed by atoms with Gasteiger partial charge in [-0.15, -0.1) is 0 Å². The summed E-state index contributed by atoms with van der Waals surface area (Å²) in [7, 11) is 0. The van der Waals surface area contributed by atoms with Crippen LogP contribution in [0.2, 0.25) is 0 Å². The maximum absolute atomic E-state index is 5.88. The largest absolute Gasteiger partial charge is 0.375 e. The Morgan fingerprint density at radius 1 is 1.37 bits per heavy atom. The smallest absolute Gasteiger partial charge is 0.0724 e. The summed E-state index contributed by atoms with van der Waals surface area (Å²) in [5.74, 6) is 0. The van der Waals surface area contributed by atoms with Gasteiger partial charge in [0.15, 0.2) is 0 Å². The summed E-state index contributed by atoms with van der Waals surface area (Å²) in [5.41, 5.74) is 3.34. The molecule has 1 fully saturated rings. The second-order valence-corrected chi connectivity index (χ2v) is 5.25. The number of rotatable bonds is 4. The van der Waals surface area contributed by atoms with Crippen molar-refractivity contribution in [1.29, 1.82) is 0 Å². The highest BCUT2D eigenvalue weighted by Crippen LogP contribution is 2.19. The summed E-state index contributed by atoms with van der Waals surface area (Å²) < 4.78 is 5.88. The van der Waals surface area contributed by atoms with Crippen LogP contribution in [0.15, 0.2) is 30.3 Å². The van der Waals surface area contributed by atoms with E-state index in [0.29, 0.717) is 12.6 Å². The van der Waals surface area contributed by atoms with Crippen LogP contribution in [0.4, 0.5) is 0 Å². The van der Waals surface area contributed by atoms with E-state index in [-0.39, 0.29) is 0 Å². The Hall–Kier alpha value is -1.45. The van der Waals surface area contributed by atoms with Crippen molar-refractivity contribution in [2.24, 2.45) is 0 Å². The van der Waals surface area contributed by atoms with Crippen molar-refractivity contribution in [2.45, 2.75) is 32.4 Å². The number of aryl methyl sites for hydroxylation is 1. The van der Waals surface area contributed by atoms with Gasteiger partial charge in [-0.25, -0.2) is 0 Å². The van der Waals surface area contributed by atoms with Gasteiger partial charge >= 0.3 is 0 Å². The number of pyridine rings is 1. The average molecular weight is 256 g/mol. The third kappa shape index (κ3) is 2.94. The number of hydrogen-bond donors (Lipinski definition) is 1. The van der Waals surface area contributed by atoms with Gasteiger partial charge in [-0.3, -0.25) is 4.98 Å². The van der Waals surface area contributed by atoms with Gasteiger partial charge in [0.2, 0.25) is 0 Å². The van der Waals surface area contributed by atoms with Crippen LogP contribution in [0.25, 0.3) is 10.9 Å². The van der Waals surface area contributed by atoms with Gasteiger partial charge in [-0.2, -0.15) is 0 Å². The molecule has 0 spiro atoms. The fourth-order valence-electron chi connectivity index (χ4n) is 2.72. The first-order valence-electron chi connectivity index (χ1n) is 6.99. The Labute approximate surface area is 114 Å². The second kappa shape index (κ2) is 5.68. The fraction of sp³-hybridized carbons (Fsp3) is 0.438. The SMILES string of the molecule is Cc1cc(COCC2CCCN2)c2ccccc2n1. The van der Waals surface area contributed by atoms with E-state index in [9.17, 15) is 0 Å². The molecule has 2 heterocycles. The van der Waals surface area contributed by atoms with E-state index in [0.717, 1.165) is 24.4 Å². The molecule has 0 aliphatic carbocycles. The molecule has 1 saturated heterocycles. The van der Waals surface area contributed by atoms with Gasteiger partial charge in [0.1, 0.15) is 0 Å². The number of ether oxygens (including phenoxy) is 1. The van der Waals surface area contributed by atoms with Crippen LogP contribution in [-0.2, 0) is 11.3 Å². The first kappa shape index (κ1) is 12.6. The zero-order chi connectivity index (χ0) is 13.1. The maximum Gasteiger partial charge on any atom is 0.0724 e. The molecule has 0 saturated carbocycles. The quantitative estimate of drug-likeness (QED) is 0.913.